The monoisotopic (exact) mass is 344 g/mol. The van der Waals surface area contributed by atoms with Crippen LogP contribution in [0.25, 0.3) is 0 Å². The van der Waals surface area contributed by atoms with Crippen LogP contribution in [0.1, 0.15) is 31.2 Å². The first-order valence-electron chi connectivity index (χ1n) is 9.80. The normalized spacial score (nSPS) is 22.4. The van der Waals surface area contributed by atoms with Crippen LogP contribution in [-0.4, -0.2) is 62.1 Å². The molecule has 1 atom stereocenters. The summed E-state index contributed by atoms with van der Waals surface area (Å²) in [7, 11) is 1.74. The molecule has 0 spiro atoms. The predicted molar refractivity (Wildman–Crippen MR) is 100 cm³/mol. The topological polar surface area (TPSA) is 32.8 Å². The van der Waals surface area contributed by atoms with Crippen molar-refractivity contribution < 1.29 is 9.53 Å². The Morgan fingerprint density at radius 2 is 1.88 bits per heavy atom. The summed E-state index contributed by atoms with van der Waals surface area (Å²) in [5.41, 5.74) is 1.43. The fourth-order valence-corrected chi connectivity index (χ4v) is 4.17. The molecule has 0 N–H and O–H groups in total. The lowest BCUT2D eigenvalue weighted by Gasteiger charge is -2.33. The Labute approximate surface area is 152 Å². The molecule has 1 amide bonds. The highest BCUT2D eigenvalue weighted by Crippen LogP contribution is 2.25. The Kier molecular flexibility index (Phi) is 6.88. The van der Waals surface area contributed by atoms with E-state index in [4.69, 9.17) is 4.74 Å². The van der Waals surface area contributed by atoms with Gasteiger partial charge in [-0.3, -0.25) is 4.79 Å². The van der Waals surface area contributed by atoms with Gasteiger partial charge in [0.2, 0.25) is 5.91 Å². The summed E-state index contributed by atoms with van der Waals surface area (Å²) in [6.07, 6.45) is 5.75. The Bertz CT molecular complexity index is 526. The lowest BCUT2D eigenvalue weighted by Crippen LogP contribution is -2.42. The lowest BCUT2D eigenvalue weighted by molar-refractivity contribution is -0.136. The number of likely N-dealkylation sites (tertiary alicyclic amines) is 2. The summed E-state index contributed by atoms with van der Waals surface area (Å²) in [6, 6.07) is 10.7. The van der Waals surface area contributed by atoms with Gasteiger partial charge in [0, 0.05) is 33.3 Å². The second-order valence-electron chi connectivity index (χ2n) is 7.57. The Morgan fingerprint density at radius 1 is 1.12 bits per heavy atom. The molecule has 1 aromatic carbocycles. The van der Waals surface area contributed by atoms with Crippen LogP contribution in [0, 0.1) is 11.8 Å². The fourth-order valence-electron chi connectivity index (χ4n) is 4.17. The number of ether oxygens (including phenoxy) is 1. The molecule has 0 aromatic heterocycles. The third kappa shape index (κ3) is 5.29. The van der Waals surface area contributed by atoms with Gasteiger partial charge >= 0.3 is 0 Å². The lowest BCUT2D eigenvalue weighted by atomic mass is 9.90. The largest absolute Gasteiger partial charge is 0.383 e. The van der Waals surface area contributed by atoms with E-state index in [0.29, 0.717) is 5.91 Å². The van der Waals surface area contributed by atoms with Crippen LogP contribution in [0.2, 0.25) is 0 Å². The number of carbonyl (C=O) groups excluding carboxylic acids is 1. The highest BCUT2D eigenvalue weighted by molar-refractivity contribution is 5.79. The SMILES string of the molecule is COCCN1CCC(C(=O)N2CCC(CCc3ccccc3)CC2)C1. The Hall–Kier alpha value is -1.39. The number of methoxy groups -OCH3 is 1. The first-order valence-corrected chi connectivity index (χ1v) is 9.80. The molecule has 2 heterocycles. The molecule has 2 saturated heterocycles. The third-order valence-corrected chi connectivity index (χ3v) is 5.84. The Morgan fingerprint density at radius 3 is 2.60 bits per heavy atom. The summed E-state index contributed by atoms with van der Waals surface area (Å²) in [5, 5.41) is 0. The van der Waals surface area contributed by atoms with E-state index in [2.05, 4.69) is 40.1 Å². The van der Waals surface area contributed by atoms with Crippen molar-refractivity contribution in [3.8, 4) is 0 Å². The van der Waals surface area contributed by atoms with Gasteiger partial charge in [0.25, 0.3) is 0 Å². The number of rotatable bonds is 7. The molecule has 2 fully saturated rings. The molecule has 0 bridgehead atoms. The minimum Gasteiger partial charge on any atom is -0.383 e. The quantitative estimate of drug-likeness (QED) is 0.762. The first-order chi connectivity index (χ1) is 12.3. The van der Waals surface area contributed by atoms with Gasteiger partial charge in [-0.1, -0.05) is 30.3 Å². The molecular formula is C21H32N2O2. The van der Waals surface area contributed by atoms with Crippen LogP contribution in [0.4, 0.5) is 0 Å². The van der Waals surface area contributed by atoms with Gasteiger partial charge in [0.05, 0.1) is 12.5 Å². The number of amides is 1. The molecule has 4 heteroatoms. The molecule has 25 heavy (non-hydrogen) atoms. The van der Waals surface area contributed by atoms with E-state index < -0.39 is 0 Å². The average molecular weight is 344 g/mol. The smallest absolute Gasteiger partial charge is 0.227 e. The molecule has 138 valence electrons. The predicted octanol–water partition coefficient (Wildman–Crippen LogP) is 2.83. The summed E-state index contributed by atoms with van der Waals surface area (Å²) in [5.74, 6) is 1.37. The van der Waals surface area contributed by atoms with Crippen LogP contribution in [0.15, 0.2) is 30.3 Å². The second kappa shape index (κ2) is 9.35. The number of nitrogens with zero attached hydrogens (tertiary/aromatic N) is 2. The minimum atomic E-state index is 0.206. The van der Waals surface area contributed by atoms with Crippen molar-refractivity contribution in [1.29, 1.82) is 0 Å². The fraction of sp³-hybridized carbons (Fsp3) is 0.667. The van der Waals surface area contributed by atoms with E-state index in [1.807, 2.05) is 0 Å². The summed E-state index contributed by atoms with van der Waals surface area (Å²) in [6.45, 7) is 5.55. The van der Waals surface area contributed by atoms with Crippen molar-refractivity contribution >= 4 is 5.91 Å². The number of aryl methyl sites for hydroxylation is 1. The van der Waals surface area contributed by atoms with Crippen LogP contribution < -0.4 is 0 Å². The minimum absolute atomic E-state index is 0.206. The van der Waals surface area contributed by atoms with E-state index in [9.17, 15) is 4.79 Å². The van der Waals surface area contributed by atoms with Crippen molar-refractivity contribution in [1.82, 2.24) is 9.80 Å². The van der Waals surface area contributed by atoms with Gasteiger partial charge in [-0.15, -0.1) is 0 Å². The summed E-state index contributed by atoms with van der Waals surface area (Å²) in [4.78, 5) is 17.3. The van der Waals surface area contributed by atoms with E-state index in [0.717, 1.165) is 58.1 Å². The van der Waals surface area contributed by atoms with Crippen molar-refractivity contribution in [3.05, 3.63) is 35.9 Å². The van der Waals surface area contributed by atoms with Crippen molar-refractivity contribution in [2.24, 2.45) is 11.8 Å². The number of hydrogen-bond acceptors (Lipinski definition) is 3. The van der Waals surface area contributed by atoms with E-state index >= 15 is 0 Å². The maximum atomic E-state index is 12.8. The zero-order valence-electron chi connectivity index (χ0n) is 15.5. The van der Waals surface area contributed by atoms with Gasteiger partial charge in [0.15, 0.2) is 0 Å². The molecule has 0 saturated carbocycles. The zero-order valence-corrected chi connectivity index (χ0v) is 15.5. The average Bonchev–Trinajstić information content (AvgIpc) is 3.14. The third-order valence-electron chi connectivity index (χ3n) is 5.84. The number of carbonyl (C=O) groups is 1. The highest BCUT2D eigenvalue weighted by Gasteiger charge is 2.32. The van der Waals surface area contributed by atoms with Crippen LogP contribution in [0.3, 0.4) is 0 Å². The van der Waals surface area contributed by atoms with Crippen LogP contribution in [0.5, 0.6) is 0 Å². The van der Waals surface area contributed by atoms with Gasteiger partial charge in [-0.25, -0.2) is 0 Å². The molecule has 1 unspecified atom stereocenters. The molecular weight excluding hydrogens is 312 g/mol. The molecule has 2 aliphatic heterocycles. The standard InChI is InChI=1S/C21H32N2O2/c1-25-16-15-22-12-11-20(17-22)21(24)23-13-9-19(10-14-23)8-7-18-5-3-2-4-6-18/h2-6,19-20H,7-17H2,1H3. The van der Waals surface area contributed by atoms with Gasteiger partial charge < -0.3 is 14.5 Å². The second-order valence-corrected chi connectivity index (χ2v) is 7.57. The number of benzene rings is 1. The number of hydrogen-bond donors (Lipinski definition) is 0. The van der Waals surface area contributed by atoms with Crippen LogP contribution in [-0.2, 0) is 16.0 Å². The molecule has 0 aliphatic carbocycles. The first kappa shape index (κ1) is 18.4. The maximum absolute atomic E-state index is 12.8. The Balaban J connectivity index is 1.38. The molecule has 2 aliphatic rings. The summed E-state index contributed by atoms with van der Waals surface area (Å²) >= 11 is 0. The van der Waals surface area contributed by atoms with Crippen LogP contribution >= 0.6 is 0 Å². The molecule has 3 rings (SSSR count). The molecule has 4 nitrogen and oxygen atoms in total. The van der Waals surface area contributed by atoms with Crippen molar-refractivity contribution in [2.75, 3.05) is 46.4 Å². The van der Waals surface area contributed by atoms with Crippen molar-refractivity contribution in [3.63, 3.8) is 0 Å². The van der Waals surface area contributed by atoms with E-state index in [1.165, 1.54) is 24.8 Å². The summed E-state index contributed by atoms with van der Waals surface area (Å²) < 4.78 is 5.15. The van der Waals surface area contributed by atoms with Gasteiger partial charge in [-0.05, 0) is 50.1 Å². The molecule has 1 aromatic rings. The van der Waals surface area contributed by atoms with Gasteiger partial charge in [-0.2, -0.15) is 0 Å². The van der Waals surface area contributed by atoms with Crippen molar-refractivity contribution in [2.45, 2.75) is 32.1 Å². The van der Waals surface area contributed by atoms with E-state index in [1.54, 1.807) is 7.11 Å². The van der Waals surface area contributed by atoms with E-state index in [-0.39, 0.29) is 5.92 Å². The maximum Gasteiger partial charge on any atom is 0.227 e. The highest BCUT2D eigenvalue weighted by atomic mass is 16.5. The van der Waals surface area contributed by atoms with Gasteiger partial charge in [0.1, 0.15) is 0 Å². The number of piperidine rings is 1. The zero-order chi connectivity index (χ0) is 17.5. The molecule has 0 radical (unpaired) electrons.